The fourth-order valence-corrected chi connectivity index (χ4v) is 1.50. The highest BCUT2D eigenvalue weighted by molar-refractivity contribution is 6.04. The second-order valence-electron chi connectivity index (χ2n) is 3.66. The Hall–Kier alpha value is -2.37. The van der Waals surface area contributed by atoms with Crippen LogP contribution in [-0.2, 0) is 0 Å². The van der Waals surface area contributed by atoms with Crippen LogP contribution in [0.5, 0.6) is 0 Å². The maximum absolute atomic E-state index is 12.0. The molecule has 0 fully saturated rings. The average Bonchev–Trinajstić information content (AvgIpc) is 2.61. The molecule has 0 spiro atoms. The van der Waals surface area contributed by atoms with Crippen LogP contribution >= 0.6 is 0 Å². The second kappa shape index (κ2) is 4.25. The standard InChI is InChI=1S/C11H13N5O/c1-7-13-14-8(2)16(7)15-11(17)9-5-3-4-6-10(9)12/h3-6H,12H2,1-2H3,(H,15,17). The van der Waals surface area contributed by atoms with Gasteiger partial charge in [-0.25, -0.2) is 4.68 Å². The van der Waals surface area contributed by atoms with E-state index in [9.17, 15) is 4.79 Å². The topological polar surface area (TPSA) is 85.8 Å². The summed E-state index contributed by atoms with van der Waals surface area (Å²) in [4.78, 5) is 12.0. The van der Waals surface area contributed by atoms with Crippen LogP contribution < -0.4 is 11.2 Å². The molecule has 1 heterocycles. The van der Waals surface area contributed by atoms with Crippen molar-refractivity contribution >= 4 is 11.6 Å². The smallest absolute Gasteiger partial charge is 0.272 e. The number of anilines is 1. The Bertz CT molecular complexity index is 541. The maximum atomic E-state index is 12.0. The first-order valence-corrected chi connectivity index (χ1v) is 5.14. The number of aromatic nitrogens is 3. The predicted molar refractivity (Wildman–Crippen MR) is 64.0 cm³/mol. The summed E-state index contributed by atoms with van der Waals surface area (Å²) in [7, 11) is 0. The number of amides is 1. The van der Waals surface area contributed by atoms with Crippen molar-refractivity contribution in [3.63, 3.8) is 0 Å². The Morgan fingerprint density at radius 2 is 1.82 bits per heavy atom. The molecule has 0 saturated heterocycles. The van der Waals surface area contributed by atoms with Gasteiger partial charge in [0.05, 0.1) is 5.56 Å². The molecular formula is C11H13N5O. The quantitative estimate of drug-likeness (QED) is 0.750. The molecule has 0 aliphatic rings. The number of carbonyl (C=O) groups is 1. The van der Waals surface area contributed by atoms with E-state index in [4.69, 9.17) is 5.73 Å². The van der Waals surface area contributed by atoms with Gasteiger partial charge in [0.25, 0.3) is 5.91 Å². The van der Waals surface area contributed by atoms with Crippen LogP contribution in [0.4, 0.5) is 5.69 Å². The van der Waals surface area contributed by atoms with Gasteiger partial charge in [-0.1, -0.05) is 12.1 Å². The van der Waals surface area contributed by atoms with Crippen LogP contribution in [0.1, 0.15) is 22.0 Å². The molecule has 1 amide bonds. The first kappa shape index (κ1) is 11.1. The largest absolute Gasteiger partial charge is 0.398 e. The molecule has 0 radical (unpaired) electrons. The average molecular weight is 231 g/mol. The minimum absolute atomic E-state index is 0.283. The number of hydrogen-bond acceptors (Lipinski definition) is 4. The van der Waals surface area contributed by atoms with E-state index in [0.717, 1.165) is 0 Å². The van der Waals surface area contributed by atoms with Crippen molar-refractivity contribution in [1.82, 2.24) is 14.9 Å². The number of nitrogens with one attached hydrogen (secondary N) is 1. The monoisotopic (exact) mass is 231 g/mol. The van der Waals surface area contributed by atoms with E-state index < -0.39 is 0 Å². The van der Waals surface area contributed by atoms with Crippen LogP contribution in [0, 0.1) is 13.8 Å². The number of carbonyl (C=O) groups excluding carboxylic acids is 1. The number of nitrogens with two attached hydrogens (primary N) is 1. The van der Waals surface area contributed by atoms with Gasteiger partial charge in [0, 0.05) is 5.69 Å². The summed E-state index contributed by atoms with van der Waals surface area (Å²) in [5, 5.41) is 7.70. The number of aryl methyl sites for hydroxylation is 2. The van der Waals surface area contributed by atoms with E-state index >= 15 is 0 Å². The van der Waals surface area contributed by atoms with Gasteiger partial charge in [0.2, 0.25) is 0 Å². The molecule has 0 aliphatic carbocycles. The highest BCUT2D eigenvalue weighted by Gasteiger charge is 2.12. The van der Waals surface area contributed by atoms with Crippen molar-refractivity contribution < 1.29 is 4.79 Å². The van der Waals surface area contributed by atoms with E-state index in [1.165, 1.54) is 4.68 Å². The molecular weight excluding hydrogens is 218 g/mol. The normalized spacial score (nSPS) is 10.2. The summed E-state index contributed by atoms with van der Waals surface area (Å²) in [6, 6.07) is 6.89. The summed E-state index contributed by atoms with van der Waals surface area (Å²) in [6.07, 6.45) is 0. The van der Waals surface area contributed by atoms with Gasteiger partial charge >= 0.3 is 0 Å². The van der Waals surface area contributed by atoms with Crippen molar-refractivity contribution in [3.8, 4) is 0 Å². The molecule has 0 saturated carbocycles. The summed E-state index contributed by atoms with van der Waals surface area (Å²) >= 11 is 0. The van der Waals surface area contributed by atoms with Crippen LogP contribution in [0.3, 0.4) is 0 Å². The third-order valence-electron chi connectivity index (χ3n) is 2.41. The zero-order chi connectivity index (χ0) is 12.4. The number of hydrogen-bond donors (Lipinski definition) is 2. The molecule has 2 aromatic rings. The molecule has 6 heteroatoms. The zero-order valence-electron chi connectivity index (χ0n) is 9.64. The summed E-state index contributed by atoms with van der Waals surface area (Å²) in [5.74, 6) is 0.949. The van der Waals surface area contributed by atoms with Crippen molar-refractivity contribution in [2.75, 3.05) is 11.2 Å². The number of nitrogen functional groups attached to an aromatic ring is 1. The van der Waals surface area contributed by atoms with Crippen LogP contribution in [-0.4, -0.2) is 20.8 Å². The van der Waals surface area contributed by atoms with E-state index in [-0.39, 0.29) is 5.91 Å². The Morgan fingerprint density at radius 3 is 2.41 bits per heavy atom. The number of benzene rings is 1. The van der Waals surface area contributed by atoms with Crippen molar-refractivity contribution in [2.24, 2.45) is 0 Å². The first-order chi connectivity index (χ1) is 8.09. The van der Waals surface area contributed by atoms with Gasteiger partial charge in [-0.15, -0.1) is 10.2 Å². The van der Waals surface area contributed by atoms with Crippen LogP contribution in [0.25, 0.3) is 0 Å². The Morgan fingerprint density at radius 1 is 1.24 bits per heavy atom. The van der Waals surface area contributed by atoms with Crippen molar-refractivity contribution in [1.29, 1.82) is 0 Å². The Balaban J connectivity index is 2.27. The third kappa shape index (κ3) is 2.10. The van der Waals surface area contributed by atoms with Crippen LogP contribution in [0.15, 0.2) is 24.3 Å². The van der Waals surface area contributed by atoms with E-state index in [1.807, 2.05) is 0 Å². The van der Waals surface area contributed by atoms with E-state index in [2.05, 4.69) is 15.6 Å². The number of rotatable bonds is 2. The second-order valence-corrected chi connectivity index (χ2v) is 3.66. The molecule has 0 unspecified atom stereocenters. The summed E-state index contributed by atoms with van der Waals surface area (Å²) < 4.78 is 1.52. The fourth-order valence-electron chi connectivity index (χ4n) is 1.50. The van der Waals surface area contributed by atoms with Gasteiger partial charge in [0.1, 0.15) is 11.6 Å². The third-order valence-corrected chi connectivity index (χ3v) is 2.41. The lowest BCUT2D eigenvalue weighted by atomic mass is 10.2. The summed E-state index contributed by atoms with van der Waals surface area (Å²) in [5.41, 5.74) is 9.28. The molecule has 0 aliphatic heterocycles. The Labute approximate surface area is 98.4 Å². The molecule has 17 heavy (non-hydrogen) atoms. The minimum Gasteiger partial charge on any atom is -0.398 e. The maximum Gasteiger partial charge on any atom is 0.272 e. The lowest BCUT2D eigenvalue weighted by molar-refractivity contribution is 0.101. The highest BCUT2D eigenvalue weighted by Crippen LogP contribution is 2.10. The molecule has 88 valence electrons. The summed E-state index contributed by atoms with van der Waals surface area (Å²) in [6.45, 7) is 3.52. The Kier molecular flexibility index (Phi) is 2.78. The minimum atomic E-state index is -0.283. The van der Waals surface area contributed by atoms with Gasteiger partial charge in [-0.05, 0) is 26.0 Å². The fraction of sp³-hybridized carbons (Fsp3) is 0.182. The molecule has 1 aromatic carbocycles. The van der Waals surface area contributed by atoms with E-state index in [0.29, 0.717) is 22.9 Å². The van der Waals surface area contributed by atoms with Gasteiger partial charge in [-0.2, -0.15) is 0 Å². The lowest BCUT2D eigenvalue weighted by Crippen LogP contribution is -2.25. The van der Waals surface area contributed by atoms with Crippen molar-refractivity contribution in [2.45, 2.75) is 13.8 Å². The molecule has 3 N–H and O–H groups in total. The van der Waals surface area contributed by atoms with Gasteiger partial charge in [0.15, 0.2) is 0 Å². The van der Waals surface area contributed by atoms with Crippen molar-refractivity contribution in [3.05, 3.63) is 41.5 Å². The first-order valence-electron chi connectivity index (χ1n) is 5.14. The molecule has 6 nitrogen and oxygen atoms in total. The molecule has 0 bridgehead atoms. The highest BCUT2D eigenvalue weighted by atomic mass is 16.2. The molecule has 0 atom stereocenters. The van der Waals surface area contributed by atoms with Crippen LogP contribution in [0.2, 0.25) is 0 Å². The lowest BCUT2D eigenvalue weighted by Gasteiger charge is -2.09. The number of para-hydroxylation sites is 1. The number of nitrogens with zero attached hydrogens (tertiary/aromatic N) is 3. The van der Waals surface area contributed by atoms with E-state index in [1.54, 1.807) is 38.1 Å². The van der Waals surface area contributed by atoms with Gasteiger partial charge in [-0.3, -0.25) is 10.2 Å². The predicted octanol–water partition coefficient (Wildman–Crippen LogP) is 0.861. The molecule has 1 aromatic heterocycles. The SMILES string of the molecule is Cc1nnc(C)n1NC(=O)c1ccccc1N. The zero-order valence-corrected chi connectivity index (χ0v) is 9.64. The van der Waals surface area contributed by atoms with Gasteiger partial charge < -0.3 is 5.73 Å². The molecule has 2 rings (SSSR count).